The third kappa shape index (κ3) is 1.87. The lowest BCUT2D eigenvalue weighted by atomic mass is 10.3. The normalized spacial score (nSPS) is 10.7. The first kappa shape index (κ1) is 12.2. The second-order valence-electron chi connectivity index (χ2n) is 4.41. The van der Waals surface area contributed by atoms with Crippen LogP contribution in [0.5, 0.6) is 0 Å². The Morgan fingerprint density at radius 2 is 1.85 bits per heavy atom. The summed E-state index contributed by atoms with van der Waals surface area (Å²) in [4.78, 5) is 11.0. The Morgan fingerprint density at radius 3 is 2.55 bits per heavy atom. The zero-order chi connectivity index (χ0) is 14.1. The molecule has 3 aromatic rings. The number of imidazole rings is 1. The number of hydrogen-bond donors (Lipinski definition) is 1. The Hall–Kier alpha value is -2.89. The maximum absolute atomic E-state index is 11.4. The van der Waals surface area contributed by atoms with E-state index in [1.807, 2.05) is 42.5 Å². The number of benzene rings is 1. The minimum absolute atomic E-state index is 0.0203. The number of para-hydroxylation sites is 1. The van der Waals surface area contributed by atoms with Crippen LogP contribution < -0.4 is 9.88 Å². The minimum Gasteiger partial charge on any atom is -0.358 e. The summed E-state index contributed by atoms with van der Waals surface area (Å²) in [6.07, 6.45) is 1.68. The monoisotopic (exact) mass is 269 g/mol. The summed E-state index contributed by atoms with van der Waals surface area (Å²) in [5, 5.41) is 14.5. The van der Waals surface area contributed by atoms with Crippen molar-refractivity contribution >= 4 is 23.0 Å². The Labute approximate surface area is 115 Å². The largest absolute Gasteiger partial charge is 0.404 e. The molecule has 20 heavy (non-hydrogen) atoms. The quantitative estimate of drug-likeness (QED) is 0.451. The van der Waals surface area contributed by atoms with Crippen molar-refractivity contribution in [1.82, 2.24) is 4.40 Å². The molecule has 1 aromatic carbocycles. The first-order valence-electron chi connectivity index (χ1n) is 6.14. The van der Waals surface area contributed by atoms with Crippen LogP contribution in [0.15, 0.2) is 54.7 Å². The van der Waals surface area contributed by atoms with Crippen LogP contribution >= 0.6 is 0 Å². The van der Waals surface area contributed by atoms with Crippen molar-refractivity contribution < 1.29 is 9.49 Å². The van der Waals surface area contributed by atoms with E-state index >= 15 is 0 Å². The fourth-order valence-electron chi connectivity index (χ4n) is 2.24. The molecular weight excluding hydrogens is 256 g/mol. The first-order valence-corrected chi connectivity index (χ1v) is 6.14. The molecule has 0 atom stereocenters. The van der Waals surface area contributed by atoms with E-state index in [1.54, 1.807) is 28.3 Å². The molecule has 0 saturated heterocycles. The van der Waals surface area contributed by atoms with Crippen molar-refractivity contribution in [1.29, 1.82) is 0 Å². The molecule has 0 unspecified atom stereocenters. The van der Waals surface area contributed by atoms with Crippen LogP contribution in [0, 0.1) is 10.1 Å². The van der Waals surface area contributed by atoms with Crippen molar-refractivity contribution in [2.24, 2.45) is 7.05 Å². The average molecular weight is 269 g/mol. The Bertz CT molecular complexity index is 780. The minimum atomic E-state index is -0.377. The first-order chi connectivity index (χ1) is 9.68. The number of aryl methyl sites for hydroxylation is 1. The van der Waals surface area contributed by atoms with Crippen LogP contribution in [0.3, 0.4) is 0 Å². The summed E-state index contributed by atoms with van der Waals surface area (Å²) in [6.45, 7) is 0. The number of fused-ring (bicyclic) bond motifs is 1. The van der Waals surface area contributed by atoms with E-state index in [4.69, 9.17) is 0 Å². The van der Waals surface area contributed by atoms with Gasteiger partial charge in [-0.2, -0.15) is 4.40 Å². The third-order valence-electron chi connectivity index (χ3n) is 3.17. The van der Waals surface area contributed by atoms with E-state index < -0.39 is 0 Å². The van der Waals surface area contributed by atoms with Gasteiger partial charge < -0.3 is 10.1 Å². The zero-order valence-corrected chi connectivity index (χ0v) is 10.9. The fraction of sp³-hybridized carbons (Fsp3) is 0.0714. The van der Waals surface area contributed by atoms with Gasteiger partial charge in [0, 0.05) is 6.07 Å². The van der Waals surface area contributed by atoms with Gasteiger partial charge in [0.1, 0.15) is 0 Å². The van der Waals surface area contributed by atoms with E-state index in [-0.39, 0.29) is 10.7 Å². The van der Waals surface area contributed by atoms with E-state index in [2.05, 4.69) is 5.32 Å². The predicted molar refractivity (Wildman–Crippen MR) is 75.0 cm³/mol. The molecule has 0 fully saturated rings. The molecule has 0 radical (unpaired) electrons. The van der Waals surface area contributed by atoms with Gasteiger partial charge in [-0.25, -0.2) is 4.57 Å². The summed E-state index contributed by atoms with van der Waals surface area (Å²) >= 11 is 0. The molecule has 6 nitrogen and oxygen atoms in total. The van der Waals surface area contributed by atoms with Crippen LogP contribution in [0.25, 0.3) is 5.65 Å². The highest BCUT2D eigenvalue weighted by Gasteiger charge is 2.29. The van der Waals surface area contributed by atoms with E-state index in [0.29, 0.717) is 5.82 Å². The predicted octanol–water partition coefficient (Wildman–Crippen LogP) is 2.42. The van der Waals surface area contributed by atoms with Crippen LogP contribution in [0.4, 0.5) is 17.3 Å². The smallest absolute Gasteiger partial charge is 0.358 e. The lowest BCUT2D eigenvalue weighted by Crippen LogP contribution is -2.30. The standard InChI is InChI=1S/C14H13N4O2/c1-16-12-9-5-6-10-17(12)14(18(19)20)13(16)15-11-7-3-2-4-8-11/h2-10,15H,1H3/q+1. The molecule has 0 bridgehead atoms. The van der Waals surface area contributed by atoms with Crippen molar-refractivity contribution in [2.45, 2.75) is 0 Å². The molecular formula is C14H13N4O2+. The highest BCUT2D eigenvalue weighted by molar-refractivity contribution is 5.63. The highest BCUT2D eigenvalue weighted by Crippen LogP contribution is 2.26. The number of rotatable bonds is 3. The molecule has 2 aromatic heterocycles. The fourth-order valence-corrected chi connectivity index (χ4v) is 2.24. The molecule has 0 aliphatic rings. The number of nitrogens with zero attached hydrogens (tertiary/aromatic N) is 3. The van der Waals surface area contributed by atoms with Gasteiger partial charge in [0.25, 0.3) is 5.65 Å². The lowest BCUT2D eigenvalue weighted by molar-refractivity contribution is -0.631. The van der Waals surface area contributed by atoms with E-state index in [0.717, 1.165) is 11.3 Å². The molecule has 1 N–H and O–H groups in total. The van der Waals surface area contributed by atoms with Crippen LogP contribution in [-0.4, -0.2) is 9.32 Å². The number of aromatic nitrogens is 2. The van der Waals surface area contributed by atoms with Crippen molar-refractivity contribution in [3.63, 3.8) is 0 Å². The van der Waals surface area contributed by atoms with Gasteiger partial charge in [-0.05, 0) is 23.1 Å². The van der Waals surface area contributed by atoms with Gasteiger partial charge in [0.2, 0.25) is 0 Å². The van der Waals surface area contributed by atoms with Gasteiger partial charge in [-0.1, -0.05) is 24.3 Å². The molecule has 0 saturated carbocycles. The maximum Gasteiger partial charge on any atom is 0.404 e. The summed E-state index contributed by atoms with van der Waals surface area (Å²) in [6, 6.07) is 14.8. The molecule has 100 valence electrons. The second-order valence-corrected chi connectivity index (χ2v) is 4.41. The summed E-state index contributed by atoms with van der Waals surface area (Å²) in [7, 11) is 1.80. The molecule has 2 heterocycles. The molecule has 0 amide bonds. The van der Waals surface area contributed by atoms with Crippen molar-refractivity contribution in [3.8, 4) is 0 Å². The molecule has 0 aliphatic heterocycles. The number of pyridine rings is 1. The number of hydrogen-bond acceptors (Lipinski definition) is 3. The molecule has 6 heteroatoms. The van der Waals surface area contributed by atoms with E-state index in [9.17, 15) is 10.1 Å². The van der Waals surface area contributed by atoms with Gasteiger partial charge in [-0.3, -0.25) is 5.32 Å². The van der Waals surface area contributed by atoms with Gasteiger partial charge in [-0.15, -0.1) is 0 Å². The molecule has 3 rings (SSSR count). The second kappa shape index (κ2) is 4.65. The van der Waals surface area contributed by atoms with Crippen molar-refractivity contribution in [3.05, 3.63) is 64.8 Å². The molecule has 0 spiro atoms. The van der Waals surface area contributed by atoms with Gasteiger partial charge in [0.15, 0.2) is 0 Å². The maximum atomic E-state index is 11.4. The SMILES string of the molecule is C[n+]1c(Nc2ccccc2)c([N+](=O)[O-])n2ccccc21. The summed E-state index contributed by atoms with van der Waals surface area (Å²) < 4.78 is 3.33. The van der Waals surface area contributed by atoms with E-state index in [1.165, 1.54) is 0 Å². The summed E-state index contributed by atoms with van der Waals surface area (Å²) in [5.41, 5.74) is 1.56. The topological polar surface area (TPSA) is 63.5 Å². The number of nitro groups is 1. The number of nitrogens with one attached hydrogen (secondary N) is 1. The van der Waals surface area contributed by atoms with Gasteiger partial charge >= 0.3 is 11.6 Å². The van der Waals surface area contributed by atoms with Crippen LogP contribution in [0.1, 0.15) is 0 Å². The highest BCUT2D eigenvalue weighted by atomic mass is 16.6. The third-order valence-corrected chi connectivity index (χ3v) is 3.17. The Kier molecular flexibility index (Phi) is 2.83. The Morgan fingerprint density at radius 1 is 1.15 bits per heavy atom. The summed E-state index contributed by atoms with van der Waals surface area (Å²) in [5.74, 6) is 0.472. The van der Waals surface area contributed by atoms with Gasteiger partial charge in [0.05, 0.1) is 18.9 Å². The average Bonchev–Trinajstić information content (AvgIpc) is 2.74. The lowest BCUT2D eigenvalue weighted by Gasteiger charge is -2.00. The Balaban J connectivity index is 2.21. The molecule has 0 aliphatic carbocycles. The zero-order valence-electron chi connectivity index (χ0n) is 10.9. The van der Waals surface area contributed by atoms with Crippen LogP contribution in [0.2, 0.25) is 0 Å². The van der Waals surface area contributed by atoms with Crippen molar-refractivity contribution in [2.75, 3.05) is 5.32 Å². The number of anilines is 2. The van der Waals surface area contributed by atoms with Crippen LogP contribution in [-0.2, 0) is 7.05 Å².